The van der Waals surface area contributed by atoms with Crippen LogP contribution in [0.1, 0.15) is 23.2 Å². The molecular weight excluding hydrogens is 234 g/mol. The number of nitriles is 1. The SMILES string of the molecule is COc1nc(C#N)c(CC(=O)O)cc1C(F)F. The molecule has 90 valence electrons. The van der Waals surface area contributed by atoms with E-state index in [-0.39, 0.29) is 17.1 Å². The molecular formula is C10H8F2N2O3. The second kappa shape index (κ2) is 5.21. The number of halogens is 2. The summed E-state index contributed by atoms with van der Waals surface area (Å²) in [5.74, 6) is -1.60. The van der Waals surface area contributed by atoms with Gasteiger partial charge in [-0.15, -0.1) is 0 Å². The van der Waals surface area contributed by atoms with Gasteiger partial charge in [-0.05, 0) is 6.07 Å². The average molecular weight is 242 g/mol. The predicted molar refractivity (Wildman–Crippen MR) is 51.8 cm³/mol. The molecule has 0 fully saturated rings. The maximum atomic E-state index is 12.6. The molecule has 0 aliphatic rings. The van der Waals surface area contributed by atoms with Crippen molar-refractivity contribution in [3.05, 3.63) is 22.9 Å². The minimum absolute atomic E-state index is 0.0592. The summed E-state index contributed by atoms with van der Waals surface area (Å²) in [6.07, 6.45) is -3.39. The number of rotatable bonds is 4. The van der Waals surface area contributed by atoms with E-state index in [1.807, 2.05) is 0 Å². The summed E-state index contributed by atoms with van der Waals surface area (Å²) < 4.78 is 29.9. The van der Waals surface area contributed by atoms with Crippen molar-refractivity contribution in [3.8, 4) is 11.9 Å². The normalized spacial score (nSPS) is 10.1. The number of hydrogen-bond acceptors (Lipinski definition) is 4. The van der Waals surface area contributed by atoms with Crippen LogP contribution in [0.4, 0.5) is 8.78 Å². The van der Waals surface area contributed by atoms with Crippen LogP contribution in [-0.4, -0.2) is 23.2 Å². The van der Waals surface area contributed by atoms with Crippen molar-refractivity contribution in [1.29, 1.82) is 5.26 Å². The molecule has 0 radical (unpaired) electrons. The Morgan fingerprint density at radius 1 is 1.71 bits per heavy atom. The van der Waals surface area contributed by atoms with E-state index in [2.05, 4.69) is 9.72 Å². The molecule has 0 amide bonds. The fourth-order valence-electron chi connectivity index (χ4n) is 1.27. The van der Waals surface area contributed by atoms with Gasteiger partial charge in [0.25, 0.3) is 6.43 Å². The van der Waals surface area contributed by atoms with E-state index in [0.717, 1.165) is 13.2 Å². The van der Waals surface area contributed by atoms with Gasteiger partial charge in [-0.1, -0.05) is 0 Å². The number of carboxylic acids is 1. The monoisotopic (exact) mass is 242 g/mol. The third-order valence-corrected chi connectivity index (χ3v) is 1.97. The minimum Gasteiger partial charge on any atom is -0.481 e. The fourth-order valence-corrected chi connectivity index (χ4v) is 1.27. The number of alkyl halides is 2. The number of hydrogen-bond donors (Lipinski definition) is 1. The van der Waals surface area contributed by atoms with Crippen LogP contribution in [0.3, 0.4) is 0 Å². The van der Waals surface area contributed by atoms with Crippen molar-refractivity contribution >= 4 is 5.97 Å². The number of carboxylic acid groups (broad SMARTS) is 1. The Morgan fingerprint density at radius 2 is 2.35 bits per heavy atom. The van der Waals surface area contributed by atoms with Gasteiger partial charge in [0, 0.05) is 5.56 Å². The van der Waals surface area contributed by atoms with Crippen molar-refractivity contribution < 1.29 is 23.4 Å². The highest BCUT2D eigenvalue weighted by Gasteiger charge is 2.20. The van der Waals surface area contributed by atoms with Gasteiger partial charge in [0.2, 0.25) is 5.88 Å². The second-order valence-corrected chi connectivity index (χ2v) is 3.08. The summed E-state index contributed by atoms with van der Waals surface area (Å²) in [4.78, 5) is 14.1. The van der Waals surface area contributed by atoms with Gasteiger partial charge in [-0.25, -0.2) is 13.8 Å². The summed E-state index contributed by atoms with van der Waals surface area (Å²) in [7, 11) is 1.15. The molecule has 0 aromatic carbocycles. The Labute approximate surface area is 95.3 Å². The van der Waals surface area contributed by atoms with Gasteiger partial charge in [-0.3, -0.25) is 4.79 Å². The molecule has 1 heterocycles. The Bertz CT molecular complexity index is 483. The topological polar surface area (TPSA) is 83.2 Å². The first-order chi connectivity index (χ1) is 7.99. The Morgan fingerprint density at radius 3 is 2.76 bits per heavy atom. The van der Waals surface area contributed by atoms with Crippen LogP contribution in [-0.2, 0) is 11.2 Å². The molecule has 0 atom stereocenters. The summed E-state index contributed by atoms with van der Waals surface area (Å²) in [5.41, 5.74) is -0.812. The van der Waals surface area contributed by atoms with E-state index < -0.39 is 24.4 Å². The highest BCUT2D eigenvalue weighted by atomic mass is 19.3. The van der Waals surface area contributed by atoms with Gasteiger partial charge in [0.1, 0.15) is 11.8 Å². The van der Waals surface area contributed by atoms with E-state index in [1.54, 1.807) is 6.07 Å². The van der Waals surface area contributed by atoms with Crippen LogP contribution in [0.2, 0.25) is 0 Å². The van der Waals surface area contributed by atoms with Crippen LogP contribution in [0, 0.1) is 11.3 Å². The lowest BCUT2D eigenvalue weighted by atomic mass is 10.1. The van der Waals surface area contributed by atoms with Crippen molar-refractivity contribution in [2.45, 2.75) is 12.8 Å². The number of aliphatic carboxylic acids is 1. The van der Waals surface area contributed by atoms with Crippen molar-refractivity contribution in [1.82, 2.24) is 4.98 Å². The smallest absolute Gasteiger partial charge is 0.307 e. The lowest BCUT2D eigenvalue weighted by molar-refractivity contribution is -0.136. The molecule has 1 N–H and O–H groups in total. The number of methoxy groups -OCH3 is 1. The highest BCUT2D eigenvalue weighted by molar-refractivity contribution is 5.71. The number of nitrogens with zero attached hydrogens (tertiary/aromatic N) is 2. The molecule has 17 heavy (non-hydrogen) atoms. The standard InChI is InChI=1S/C10H8F2N2O3/c1-17-10-6(9(11)12)2-5(3-8(15)16)7(4-13)14-10/h2,9H,3H2,1H3,(H,15,16). The molecule has 0 spiro atoms. The molecule has 0 aliphatic heterocycles. The zero-order chi connectivity index (χ0) is 13.0. The quantitative estimate of drug-likeness (QED) is 0.865. The van der Waals surface area contributed by atoms with Crippen LogP contribution in [0.25, 0.3) is 0 Å². The van der Waals surface area contributed by atoms with Crippen LogP contribution in [0.15, 0.2) is 6.07 Å². The molecule has 7 heteroatoms. The summed E-state index contributed by atoms with van der Waals surface area (Å²) in [5, 5.41) is 17.3. The summed E-state index contributed by atoms with van der Waals surface area (Å²) in [6, 6.07) is 2.58. The van der Waals surface area contributed by atoms with Gasteiger partial charge < -0.3 is 9.84 Å². The first-order valence-electron chi connectivity index (χ1n) is 4.47. The maximum Gasteiger partial charge on any atom is 0.307 e. The molecule has 0 aliphatic carbocycles. The predicted octanol–water partition coefficient (Wildman–Crippen LogP) is 1.53. The van der Waals surface area contributed by atoms with E-state index >= 15 is 0 Å². The lowest BCUT2D eigenvalue weighted by Crippen LogP contribution is -2.07. The molecule has 5 nitrogen and oxygen atoms in total. The first-order valence-corrected chi connectivity index (χ1v) is 4.47. The third kappa shape index (κ3) is 2.87. The highest BCUT2D eigenvalue weighted by Crippen LogP contribution is 2.29. The number of aromatic nitrogens is 1. The Balaban J connectivity index is 3.34. The minimum atomic E-state index is -2.85. The Kier molecular flexibility index (Phi) is 3.93. The maximum absolute atomic E-state index is 12.6. The largest absolute Gasteiger partial charge is 0.481 e. The molecule has 0 bridgehead atoms. The first kappa shape index (κ1) is 12.8. The number of pyridine rings is 1. The third-order valence-electron chi connectivity index (χ3n) is 1.97. The summed E-state index contributed by atoms with van der Waals surface area (Å²) in [6.45, 7) is 0. The van der Waals surface area contributed by atoms with E-state index in [4.69, 9.17) is 10.4 Å². The zero-order valence-corrected chi connectivity index (χ0v) is 8.78. The van der Waals surface area contributed by atoms with Gasteiger partial charge in [-0.2, -0.15) is 5.26 Å². The second-order valence-electron chi connectivity index (χ2n) is 3.08. The molecule has 0 saturated carbocycles. The van der Waals surface area contributed by atoms with E-state index in [0.29, 0.717) is 0 Å². The van der Waals surface area contributed by atoms with E-state index in [1.165, 1.54) is 0 Å². The summed E-state index contributed by atoms with van der Waals surface area (Å²) >= 11 is 0. The van der Waals surface area contributed by atoms with Gasteiger partial charge in [0.15, 0.2) is 0 Å². The fraction of sp³-hybridized carbons (Fsp3) is 0.300. The molecule has 0 saturated heterocycles. The molecule has 0 unspecified atom stereocenters. The van der Waals surface area contributed by atoms with E-state index in [9.17, 15) is 13.6 Å². The van der Waals surface area contributed by atoms with Crippen molar-refractivity contribution in [2.24, 2.45) is 0 Å². The lowest BCUT2D eigenvalue weighted by Gasteiger charge is -2.09. The van der Waals surface area contributed by atoms with Crippen molar-refractivity contribution in [2.75, 3.05) is 7.11 Å². The average Bonchev–Trinajstić information content (AvgIpc) is 2.27. The number of ether oxygens (including phenoxy) is 1. The van der Waals surface area contributed by atoms with Crippen molar-refractivity contribution in [3.63, 3.8) is 0 Å². The van der Waals surface area contributed by atoms with Gasteiger partial charge >= 0.3 is 5.97 Å². The molecule has 1 aromatic heterocycles. The van der Waals surface area contributed by atoms with Gasteiger partial charge in [0.05, 0.1) is 19.1 Å². The van der Waals surface area contributed by atoms with Crippen LogP contribution in [0.5, 0.6) is 5.88 Å². The zero-order valence-electron chi connectivity index (χ0n) is 8.78. The van der Waals surface area contributed by atoms with Crippen LogP contribution >= 0.6 is 0 Å². The molecule has 1 rings (SSSR count). The number of carbonyl (C=O) groups is 1. The van der Waals surface area contributed by atoms with Crippen LogP contribution < -0.4 is 4.74 Å². The Hall–Kier alpha value is -2.23. The molecule has 1 aromatic rings.